The quantitative estimate of drug-likeness (QED) is 0.0473. The molecule has 0 N–H and O–H groups in total. The van der Waals surface area contributed by atoms with Crippen LogP contribution in [0.15, 0.2) is 0 Å². The van der Waals surface area contributed by atoms with E-state index in [1.54, 1.807) is 0 Å². The Morgan fingerprint density at radius 1 is 0.500 bits per heavy atom. The number of quaternary nitrogens is 2. The van der Waals surface area contributed by atoms with Crippen LogP contribution in [0.4, 0.5) is 0 Å². The smallest absolute Gasteiger partial charge is 0.198 e. The number of hydrogen-bond acceptors (Lipinski definition) is 1. The molecule has 3 nitrogen and oxygen atoms in total. The fraction of sp³-hybridized carbons (Fsp3) is 1.00. The number of rotatable bonds is 25. The van der Waals surface area contributed by atoms with Gasteiger partial charge >= 0.3 is 0 Å². The normalized spacial score (nSPS) is 16.2. The molecule has 0 spiro atoms. The Labute approximate surface area is 237 Å². The minimum absolute atomic E-state index is 0.140. The number of hydrogen-bond donors (Lipinski definition) is 0. The topological polar surface area (TPSA) is 9.23 Å². The lowest BCUT2D eigenvalue weighted by Gasteiger charge is -2.48. The van der Waals surface area contributed by atoms with E-state index in [9.17, 15) is 0 Å². The summed E-state index contributed by atoms with van der Waals surface area (Å²) in [6.07, 6.45) is 17.7. The Bertz CT molecular complexity index is 454. The van der Waals surface area contributed by atoms with Gasteiger partial charge in [0.05, 0.1) is 45.4 Å². The van der Waals surface area contributed by atoms with Crippen LogP contribution in [0.5, 0.6) is 0 Å². The first-order chi connectivity index (χ1) is 17.3. The lowest BCUT2D eigenvalue weighted by atomic mass is 10.0. The van der Waals surface area contributed by atoms with Crippen LogP contribution in [0.1, 0.15) is 139 Å². The average Bonchev–Trinajstić information content (AvgIpc) is 2.90. The zero-order valence-corrected chi connectivity index (χ0v) is 27.3. The molecule has 0 saturated carbocycles. The Balaban J connectivity index is 4.80. The molecule has 0 fully saturated rings. The Kier molecular flexibility index (Phi) is 21.6. The molecule has 0 bridgehead atoms. The van der Waals surface area contributed by atoms with Gasteiger partial charge in [0.2, 0.25) is 0 Å². The van der Waals surface area contributed by atoms with E-state index >= 15 is 0 Å². The van der Waals surface area contributed by atoms with Gasteiger partial charge in [0.25, 0.3) is 0 Å². The lowest BCUT2D eigenvalue weighted by Crippen LogP contribution is -2.66. The molecule has 0 aromatic heterocycles. The van der Waals surface area contributed by atoms with Crippen LogP contribution in [0.25, 0.3) is 0 Å². The molecule has 3 atom stereocenters. The minimum Gasteiger partial charge on any atom is -0.360 e. The van der Waals surface area contributed by atoms with Gasteiger partial charge in [-0.1, -0.05) is 107 Å². The van der Waals surface area contributed by atoms with Crippen molar-refractivity contribution in [2.24, 2.45) is 0 Å². The van der Waals surface area contributed by atoms with E-state index < -0.39 is 0 Å². The molecule has 0 aliphatic rings. The van der Waals surface area contributed by atoms with Crippen molar-refractivity contribution in [3.8, 4) is 0 Å². The number of nitrogens with zero attached hydrogens (tertiary/aromatic N) is 2. The molecule has 0 saturated heterocycles. The van der Waals surface area contributed by atoms with E-state index in [0.717, 1.165) is 54.7 Å². The van der Waals surface area contributed by atoms with Crippen LogP contribution in [0.3, 0.4) is 0 Å². The summed E-state index contributed by atoms with van der Waals surface area (Å²) in [4.78, 5) is 0. The summed E-state index contributed by atoms with van der Waals surface area (Å²) in [7, 11) is 0. The molecular formula is C31H66Cl2N2O+2. The van der Waals surface area contributed by atoms with E-state index in [1.807, 2.05) is 0 Å². The van der Waals surface area contributed by atoms with Gasteiger partial charge in [-0.3, -0.25) is 0 Å². The zero-order valence-electron chi connectivity index (χ0n) is 25.8. The highest BCUT2D eigenvalue weighted by atomic mass is 35.5. The van der Waals surface area contributed by atoms with Gasteiger partial charge in [0.15, 0.2) is 17.1 Å². The van der Waals surface area contributed by atoms with E-state index in [0.29, 0.717) is 0 Å². The van der Waals surface area contributed by atoms with Crippen molar-refractivity contribution in [2.75, 3.05) is 39.3 Å². The molecule has 36 heavy (non-hydrogen) atoms. The summed E-state index contributed by atoms with van der Waals surface area (Å²) in [5.41, 5.74) is -0.279. The van der Waals surface area contributed by atoms with Gasteiger partial charge in [-0.05, 0) is 54.9 Å². The second kappa shape index (κ2) is 21.3. The van der Waals surface area contributed by atoms with Crippen molar-refractivity contribution in [3.05, 3.63) is 0 Å². The van der Waals surface area contributed by atoms with Crippen molar-refractivity contribution in [2.45, 2.75) is 162 Å². The highest BCUT2D eigenvalue weighted by Crippen LogP contribution is 2.32. The summed E-state index contributed by atoms with van der Waals surface area (Å²) < 4.78 is 8.49. The van der Waals surface area contributed by atoms with Crippen LogP contribution >= 0.6 is 23.2 Å². The molecule has 0 aliphatic carbocycles. The number of unbranched alkanes of at least 4 members (excludes halogenated alkanes) is 11. The minimum atomic E-state index is -0.166. The van der Waals surface area contributed by atoms with Crippen LogP contribution in [-0.4, -0.2) is 71.4 Å². The van der Waals surface area contributed by atoms with E-state index in [2.05, 4.69) is 55.4 Å². The van der Waals surface area contributed by atoms with Crippen LogP contribution in [0, 0.1) is 0 Å². The maximum Gasteiger partial charge on any atom is 0.198 e. The van der Waals surface area contributed by atoms with Crippen LogP contribution < -0.4 is 0 Å². The van der Waals surface area contributed by atoms with E-state index in [1.165, 1.54) is 77.0 Å². The Hall–Kier alpha value is 0.460. The SMILES string of the molecule is CCCCCCCCCCCCCCC(C)OC(C(Cl)[N+](CC)(CC)CC)C(Cl)[N+](CC)(CC)CC. The number of ether oxygens (including phenoxy) is 1. The summed E-state index contributed by atoms with van der Waals surface area (Å²) in [5.74, 6) is 0. The molecule has 3 unspecified atom stereocenters. The monoisotopic (exact) mass is 552 g/mol. The van der Waals surface area contributed by atoms with Gasteiger partial charge in [-0.25, -0.2) is 0 Å². The van der Waals surface area contributed by atoms with Gasteiger partial charge in [-0.15, -0.1) is 0 Å². The standard InChI is InChI=1S/C31H66Cl2N2O/c1-9-16-17-18-19-20-21-22-23-24-25-26-27-28(8)36-29(30(32)34(10-2,11-3)12-4)31(33)35(13-5,14-6)15-7/h28-31H,9-27H2,1-8H3/q+2. The number of likely N-dealkylation sites (N-methyl/N-ethyl adjacent to an activating group) is 2. The fourth-order valence-corrected chi connectivity index (χ4v) is 7.18. The third-order valence-corrected chi connectivity index (χ3v) is 10.5. The highest BCUT2D eigenvalue weighted by Gasteiger charge is 2.49. The first kappa shape index (κ1) is 36.5. The second-order valence-electron chi connectivity index (χ2n) is 11.2. The van der Waals surface area contributed by atoms with Crippen molar-refractivity contribution in [1.29, 1.82) is 0 Å². The molecule has 5 heteroatoms. The predicted octanol–water partition coefficient (Wildman–Crippen LogP) is 9.73. The maximum atomic E-state index is 7.32. The first-order valence-electron chi connectivity index (χ1n) is 15.9. The Morgan fingerprint density at radius 2 is 0.806 bits per heavy atom. The molecular weight excluding hydrogens is 487 g/mol. The largest absolute Gasteiger partial charge is 0.360 e. The summed E-state index contributed by atoms with van der Waals surface area (Å²) >= 11 is 14.6. The maximum absolute atomic E-state index is 7.32. The number of alkyl halides is 2. The van der Waals surface area contributed by atoms with Gasteiger partial charge in [0, 0.05) is 0 Å². The molecule has 0 amide bonds. The summed E-state index contributed by atoms with van der Waals surface area (Å²) in [6, 6.07) is 0. The molecule has 218 valence electrons. The van der Waals surface area contributed by atoms with Crippen molar-refractivity contribution >= 4 is 23.2 Å². The highest BCUT2D eigenvalue weighted by molar-refractivity contribution is 6.23. The predicted molar refractivity (Wildman–Crippen MR) is 163 cm³/mol. The number of halogens is 2. The Morgan fingerprint density at radius 3 is 1.11 bits per heavy atom. The average molecular weight is 554 g/mol. The summed E-state index contributed by atoms with van der Waals surface area (Å²) in [5, 5.41) is 0. The van der Waals surface area contributed by atoms with Crippen molar-refractivity contribution in [3.63, 3.8) is 0 Å². The molecule has 0 rings (SSSR count). The van der Waals surface area contributed by atoms with E-state index in [4.69, 9.17) is 27.9 Å². The van der Waals surface area contributed by atoms with E-state index in [-0.39, 0.29) is 23.2 Å². The first-order valence-corrected chi connectivity index (χ1v) is 16.8. The molecule has 0 aromatic rings. The third-order valence-electron chi connectivity index (χ3n) is 9.22. The van der Waals surface area contributed by atoms with Gasteiger partial charge < -0.3 is 13.7 Å². The molecule has 0 heterocycles. The molecule has 0 aromatic carbocycles. The van der Waals surface area contributed by atoms with Crippen LogP contribution in [-0.2, 0) is 4.74 Å². The van der Waals surface area contributed by atoms with Gasteiger partial charge in [0.1, 0.15) is 0 Å². The third kappa shape index (κ3) is 12.1. The zero-order chi connectivity index (χ0) is 27.5. The van der Waals surface area contributed by atoms with Crippen molar-refractivity contribution in [1.82, 2.24) is 0 Å². The molecule has 0 radical (unpaired) electrons. The van der Waals surface area contributed by atoms with Crippen molar-refractivity contribution < 1.29 is 13.7 Å². The summed E-state index contributed by atoms with van der Waals surface area (Å²) in [6.45, 7) is 24.0. The fourth-order valence-electron chi connectivity index (χ4n) is 5.88. The van der Waals surface area contributed by atoms with Crippen LogP contribution in [0.2, 0.25) is 0 Å². The second-order valence-corrected chi connectivity index (χ2v) is 12.1. The van der Waals surface area contributed by atoms with Gasteiger partial charge in [-0.2, -0.15) is 0 Å². The lowest BCUT2D eigenvalue weighted by molar-refractivity contribution is -0.959. The molecule has 0 aliphatic heterocycles.